The molecule has 0 atom stereocenters. The van der Waals surface area contributed by atoms with E-state index >= 15 is 0 Å². The molecule has 1 N–H and O–H groups in total. The second-order valence-corrected chi connectivity index (χ2v) is 7.78. The monoisotopic (exact) mass is 402 g/mol. The fourth-order valence-corrected chi connectivity index (χ4v) is 4.04. The lowest BCUT2D eigenvalue weighted by Gasteiger charge is -2.18. The predicted octanol–water partition coefficient (Wildman–Crippen LogP) is 5.59. The lowest BCUT2D eigenvalue weighted by atomic mass is 9.99. The first-order chi connectivity index (χ1) is 11.8. The summed E-state index contributed by atoms with van der Waals surface area (Å²) in [7, 11) is 0. The number of ether oxygens (including phenoxy) is 2. The number of hydrogen-bond donors (Lipinski definition) is 1. The SMILES string of the molecule is Cc1c(C)c2c(c(C)c1O)OC(=O)c1c(Br)cc(C3CC3)c(C)c1O2. The number of fused-ring (bicyclic) bond motifs is 2. The van der Waals surface area contributed by atoms with Crippen molar-refractivity contribution in [3.8, 4) is 23.0 Å². The molecule has 0 unspecified atom stereocenters. The highest BCUT2D eigenvalue weighted by molar-refractivity contribution is 9.10. The number of aromatic hydroxyl groups is 1. The molecule has 1 aliphatic heterocycles. The minimum atomic E-state index is -0.475. The molecule has 2 aromatic carbocycles. The number of phenolic OH excluding ortho intramolecular Hbond substituents is 1. The molecule has 1 saturated carbocycles. The van der Waals surface area contributed by atoms with Crippen LogP contribution in [0.2, 0.25) is 0 Å². The molecular formula is C20H19BrO4. The quantitative estimate of drug-likeness (QED) is 0.498. The number of benzene rings is 2. The molecule has 4 rings (SSSR count). The molecule has 1 aliphatic carbocycles. The zero-order chi connectivity index (χ0) is 18.0. The van der Waals surface area contributed by atoms with E-state index in [1.807, 2.05) is 26.8 Å². The van der Waals surface area contributed by atoms with Crippen LogP contribution in [0.5, 0.6) is 23.0 Å². The van der Waals surface area contributed by atoms with Crippen LogP contribution in [0.3, 0.4) is 0 Å². The fraction of sp³-hybridized carbons (Fsp3) is 0.350. The van der Waals surface area contributed by atoms with Crippen LogP contribution in [0.25, 0.3) is 0 Å². The van der Waals surface area contributed by atoms with Gasteiger partial charge in [0.05, 0.1) is 0 Å². The highest BCUT2D eigenvalue weighted by Crippen LogP contribution is 2.51. The van der Waals surface area contributed by atoms with Crippen LogP contribution >= 0.6 is 15.9 Å². The van der Waals surface area contributed by atoms with Gasteiger partial charge in [0.2, 0.25) is 0 Å². The third kappa shape index (κ3) is 2.36. The van der Waals surface area contributed by atoms with Gasteiger partial charge >= 0.3 is 5.97 Å². The van der Waals surface area contributed by atoms with Crippen LogP contribution in [0.4, 0.5) is 0 Å². The Morgan fingerprint density at radius 2 is 1.60 bits per heavy atom. The summed E-state index contributed by atoms with van der Waals surface area (Å²) in [5, 5.41) is 10.3. The number of carbonyl (C=O) groups is 1. The Morgan fingerprint density at radius 1 is 0.960 bits per heavy atom. The van der Waals surface area contributed by atoms with Gasteiger partial charge in [0.15, 0.2) is 11.5 Å². The van der Waals surface area contributed by atoms with Gasteiger partial charge in [-0.15, -0.1) is 0 Å². The molecule has 1 fully saturated rings. The summed E-state index contributed by atoms with van der Waals surface area (Å²) in [6, 6.07) is 2.01. The maximum absolute atomic E-state index is 12.8. The first-order valence-corrected chi connectivity index (χ1v) is 9.16. The molecule has 25 heavy (non-hydrogen) atoms. The van der Waals surface area contributed by atoms with Crippen LogP contribution in [0.15, 0.2) is 10.5 Å². The van der Waals surface area contributed by atoms with E-state index in [1.165, 1.54) is 5.56 Å². The Bertz CT molecular complexity index is 942. The van der Waals surface area contributed by atoms with Crippen molar-refractivity contribution in [2.75, 3.05) is 0 Å². The zero-order valence-electron chi connectivity index (χ0n) is 14.6. The van der Waals surface area contributed by atoms with E-state index in [1.54, 1.807) is 6.92 Å². The third-order valence-electron chi connectivity index (χ3n) is 5.30. The maximum Gasteiger partial charge on any atom is 0.348 e. The Kier molecular flexibility index (Phi) is 3.62. The highest BCUT2D eigenvalue weighted by atomic mass is 79.9. The van der Waals surface area contributed by atoms with Gasteiger partial charge in [-0.05, 0) is 85.1 Å². The largest absolute Gasteiger partial charge is 0.507 e. The Hall–Kier alpha value is -2.01. The molecule has 0 bridgehead atoms. The van der Waals surface area contributed by atoms with E-state index in [9.17, 15) is 9.90 Å². The van der Waals surface area contributed by atoms with Gasteiger partial charge in [0.1, 0.15) is 17.1 Å². The van der Waals surface area contributed by atoms with Crippen molar-refractivity contribution in [3.05, 3.63) is 43.9 Å². The Balaban J connectivity index is 2.00. The second kappa shape index (κ2) is 5.49. The van der Waals surface area contributed by atoms with Crippen molar-refractivity contribution < 1.29 is 19.4 Å². The molecule has 0 saturated heterocycles. The maximum atomic E-state index is 12.8. The van der Waals surface area contributed by atoms with Crippen molar-refractivity contribution >= 4 is 21.9 Å². The number of esters is 1. The topological polar surface area (TPSA) is 55.8 Å². The standard InChI is InChI=1S/C20H19BrO4/c1-8-9(2)18-19(11(4)16(8)22)25-20(23)15-14(21)7-13(12-5-6-12)10(3)17(15)24-18/h7,12,22H,5-6H2,1-4H3. The van der Waals surface area contributed by atoms with E-state index in [4.69, 9.17) is 9.47 Å². The average molecular weight is 403 g/mol. The fourth-order valence-electron chi connectivity index (χ4n) is 3.45. The van der Waals surface area contributed by atoms with Gasteiger partial charge in [-0.3, -0.25) is 0 Å². The van der Waals surface area contributed by atoms with Crippen LogP contribution in [0, 0.1) is 27.7 Å². The van der Waals surface area contributed by atoms with Gasteiger partial charge in [0, 0.05) is 15.6 Å². The number of phenols is 1. The van der Waals surface area contributed by atoms with Crippen LogP contribution < -0.4 is 9.47 Å². The molecule has 0 radical (unpaired) electrons. The Labute approximate surface area is 154 Å². The van der Waals surface area contributed by atoms with Gasteiger partial charge in [0.25, 0.3) is 0 Å². The minimum Gasteiger partial charge on any atom is -0.507 e. The van der Waals surface area contributed by atoms with Crippen molar-refractivity contribution in [2.24, 2.45) is 0 Å². The van der Waals surface area contributed by atoms with Gasteiger partial charge < -0.3 is 14.6 Å². The summed E-state index contributed by atoms with van der Waals surface area (Å²) in [4.78, 5) is 12.8. The number of rotatable bonds is 1. The molecule has 5 heteroatoms. The predicted molar refractivity (Wildman–Crippen MR) is 98.2 cm³/mol. The third-order valence-corrected chi connectivity index (χ3v) is 5.93. The summed E-state index contributed by atoms with van der Waals surface area (Å²) >= 11 is 3.52. The molecule has 0 aromatic heterocycles. The Morgan fingerprint density at radius 3 is 2.24 bits per heavy atom. The summed E-state index contributed by atoms with van der Waals surface area (Å²) in [6.07, 6.45) is 2.33. The van der Waals surface area contributed by atoms with Crippen molar-refractivity contribution in [1.82, 2.24) is 0 Å². The molecular weight excluding hydrogens is 384 g/mol. The van der Waals surface area contributed by atoms with Crippen LogP contribution in [-0.4, -0.2) is 11.1 Å². The molecule has 0 spiro atoms. The summed E-state index contributed by atoms with van der Waals surface area (Å²) in [6.45, 7) is 7.41. The summed E-state index contributed by atoms with van der Waals surface area (Å²) in [5.74, 6) is 1.54. The van der Waals surface area contributed by atoms with Crippen LogP contribution in [-0.2, 0) is 0 Å². The summed E-state index contributed by atoms with van der Waals surface area (Å²) < 4.78 is 12.6. The molecule has 2 aliphatic rings. The average Bonchev–Trinajstić information content (AvgIpc) is 3.41. The lowest BCUT2D eigenvalue weighted by Crippen LogP contribution is -2.10. The van der Waals surface area contributed by atoms with E-state index in [2.05, 4.69) is 15.9 Å². The van der Waals surface area contributed by atoms with Crippen LogP contribution in [0.1, 0.15) is 56.9 Å². The molecule has 1 heterocycles. The number of carbonyl (C=O) groups excluding carboxylic acids is 1. The van der Waals surface area contributed by atoms with Gasteiger partial charge in [-0.2, -0.15) is 0 Å². The van der Waals surface area contributed by atoms with E-state index in [0.717, 1.165) is 29.5 Å². The van der Waals surface area contributed by atoms with Gasteiger partial charge in [-0.25, -0.2) is 4.79 Å². The number of halogens is 1. The van der Waals surface area contributed by atoms with Crippen molar-refractivity contribution in [3.63, 3.8) is 0 Å². The van der Waals surface area contributed by atoms with E-state index < -0.39 is 5.97 Å². The molecule has 2 aromatic rings. The van der Waals surface area contributed by atoms with E-state index in [-0.39, 0.29) is 5.75 Å². The smallest absolute Gasteiger partial charge is 0.348 e. The molecule has 4 nitrogen and oxygen atoms in total. The highest BCUT2D eigenvalue weighted by Gasteiger charge is 2.34. The molecule has 0 amide bonds. The lowest BCUT2D eigenvalue weighted by molar-refractivity contribution is 0.0735. The van der Waals surface area contributed by atoms with Crippen molar-refractivity contribution in [2.45, 2.75) is 46.5 Å². The first-order valence-electron chi connectivity index (χ1n) is 8.37. The zero-order valence-corrected chi connectivity index (χ0v) is 16.2. The van der Waals surface area contributed by atoms with Gasteiger partial charge in [-0.1, -0.05) is 0 Å². The minimum absolute atomic E-state index is 0.132. The van der Waals surface area contributed by atoms with Crippen molar-refractivity contribution in [1.29, 1.82) is 0 Å². The normalized spacial score (nSPS) is 15.8. The number of hydrogen-bond acceptors (Lipinski definition) is 4. The summed E-state index contributed by atoms with van der Waals surface area (Å²) in [5.41, 5.74) is 4.60. The second-order valence-electron chi connectivity index (χ2n) is 6.92. The molecule has 130 valence electrons. The van der Waals surface area contributed by atoms with E-state index in [0.29, 0.717) is 38.8 Å². The first kappa shape index (κ1) is 16.5.